The molecule has 2 aromatic heterocycles. The highest BCUT2D eigenvalue weighted by Gasteiger charge is 2.16. The molecule has 88 valence electrons. The fourth-order valence-corrected chi connectivity index (χ4v) is 2.09. The molecule has 5 nitrogen and oxygen atoms in total. The van der Waals surface area contributed by atoms with Gasteiger partial charge in [0.25, 0.3) is 5.91 Å². The lowest BCUT2D eigenvalue weighted by Gasteiger charge is -2.05. The molecule has 0 saturated carbocycles. The molecule has 0 aromatic carbocycles. The lowest BCUT2D eigenvalue weighted by atomic mass is 10.4. The summed E-state index contributed by atoms with van der Waals surface area (Å²) in [6.07, 6.45) is 1.41. The highest BCUT2D eigenvalue weighted by molar-refractivity contribution is 9.10. The van der Waals surface area contributed by atoms with Crippen molar-refractivity contribution in [1.82, 2.24) is 14.8 Å². The Balaban J connectivity index is 2.63. The fraction of sp³-hybridized carbons (Fsp3) is 0. The first-order valence-electron chi connectivity index (χ1n) is 4.36. The van der Waals surface area contributed by atoms with E-state index in [1.807, 2.05) is 0 Å². The predicted molar refractivity (Wildman–Crippen MR) is 67.6 cm³/mol. The van der Waals surface area contributed by atoms with Crippen molar-refractivity contribution in [3.63, 3.8) is 0 Å². The van der Waals surface area contributed by atoms with Crippen molar-refractivity contribution in [2.75, 3.05) is 0 Å². The summed E-state index contributed by atoms with van der Waals surface area (Å²) in [5.74, 6) is -0.341. The number of pyridine rings is 1. The summed E-state index contributed by atoms with van der Waals surface area (Å²) in [6.45, 7) is 0. The van der Waals surface area contributed by atoms with Crippen LogP contribution in [-0.4, -0.2) is 20.7 Å². The number of rotatable bonds is 2. The summed E-state index contributed by atoms with van der Waals surface area (Å²) in [6, 6.07) is 2.99. The molecule has 0 spiro atoms. The Kier molecular flexibility index (Phi) is 3.37. The molecule has 2 N–H and O–H groups in total. The average Bonchev–Trinajstić information content (AvgIpc) is 2.60. The van der Waals surface area contributed by atoms with Gasteiger partial charge in [0.15, 0.2) is 5.82 Å². The molecule has 2 heterocycles. The Hall–Kier alpha value is -1.11. The quantitative estimate of drug-likeness (QED) is 0.915. The van der Waals surface area contributed by atoms with Crippen LogP contribution in [0.4, 0.5) is 0 Å². The van der Waals surface area contributed by atoms with Gasteiger partial charge in [-0.1, -0.05) is 23.2 Å². The molecular weight excluding hydrogens is 331 g/mol. The van der Waals surface area contributed by atoms with E-state index in [0.29, 0.717) is 9.63 Å². The smallest absolute Gasteiger partial charge is 0.267 e. The molecule has 0 bridgehead atoms. The Bertz CT molecular complexity index is 599. The number of hydrogen-bond acceptors (Lipinski definition) is 3. The second-order valence-corrected chi connectivity index (χ2v) is 4.74. The number of hydrogen-bond donors (Lipinski definition) is 1. The molecule has 0 saturated heterocycles. The van der Waals surface area contributed by atoms with Gasteiger partial charge in [-0.05, 0) is 22.0 Å². The normalized spacial score (nSPS) is 10.5. The topological polar surface area (TPSA) is 73.8 Å². The van der Waals surface area contributed by atoms with E-state index in [2.05, 4.69) is 26.0 Å². The Morgan fingerprint density at radius 1 is 1.41 bits per heavy atom. The minimum atomic E-state index is -0.629. The van der Waals surface area contributed by atoms with Crippen LogP contribution >= 0.6 is 39.1 Å². The number of amides is 1. The summed E-state index contributed by atoms with van der Waals surface area (Å²) >= 11 is 14.9. The number of carbonyl (C=O) groups is 1. The van der Waals surface area contributed by atoms with Crippen LogP contribution in [0, 0.1) is 0 Å². The van der Waals surface area contributed by atoms with Crippen molar-refractivity contribution in [2.45, 2.75) is 0 Å². The second kappa shape index (κ2) is 4.64. The molecule has 0 radical (unpaired) electrons. The van der Waals surface area contributed by atoms with Gasteiger partial charge in [0.2, 0.25) is 0 Å². The molecule has 2 aromatic rings. The van der Waals surface area contributed by atoms with Gasteiger partial charge in [-0.2, -0.15) is 5.10 Å². The van der Waals surface area contributed by atoms with Crippen molar-refractivity contribution in [1.29, 1.82) is 0 Å². The number of nitrogens with two attached hydrogens (primary N) is 1. The molecular formula is C9H5BrCl2N4O. The SMILES string of the molecule is NC(=O)c1cc(Br)nn1-c1ncc(Cl)cc1Cl. The van der Waals surface area contributed by atoms with Crippen LogP contribution in [0.3, 0.4) is 0 Å². The van der Waals surface area contributed by atoms with E-state index in [0.717, 1.165) is 0 Å². The van der Waals surface area contributed by atoms with Gasteiger partial charge in [-0.25, -0.2) is 9.67 Å². The van der Waals surface area contributed by atoms with Gasteiger partial charge in [0.1, 0.15) is 10.3 Å². The highest BCUT2D eigenvalue weighted by Crippen LogP contribution is 2.23. The Labute approximate surface area is 115 Å². The highest BCUT2D eigenvalue weighted by atomic mass is 79.9. The standard InChI is InChI=1S/C9H5BrCl2N4O/c10-7-2-6(8(13)17)16(15-7)9-5(12)1-4(11)3-14-9/h1-3H,(H2,13,17). The van der Waals surface area contributed by atoms with E-state index in [1.54, 1.807) is 0 Å². The Morgan fingerprint density at radius 3 is 2.71 bits per heavy atom. The summed E-state index contributed by atoms with van der Waals surface area (Å²) in [4.78, 5) is 15.2. The molecule has 0 atom stereocenters. The lowest BCUT2D eigenvalue weighted by molar-refractivity contribution is 0.0993. The maximum absolute atomic E-state index is 11.2. The number of carbonyl (C=O) groups excluding carboxylic acids is 1. The van der Waals surface area contributed by atoms with Crippen LogP contribution < -0.4 is 5.73 Å². The molecule has 0 unspecified atom stereocenters. The van der Waals surface area contributed by atoms with Gasteiger partial charge in [-0.3, -0.25) is 4.79 Å². The minimum absolute atomic E-state index is 0.175. The molecule has 2 rings (SSSR count). The van der Waals surface area contributed by atoms with Gasteiger partial charge in [0.05, 0.1) is 10.0 Å². The zero-order valence-corrected chi connectivity index (χ0v) is 11.3. The monoisotopic (exact) mass is 334 g/mol. The number of aromatic nitrogens is 3. The molecule has 0 aliphatic rings. The minimum Gasteiger partial charge on any atom is -0.364 e. The van der Waals surface area contributed by atoms with Crippen molar-refractivity contribution in [2.24, 2.45) is 5.73 Å². The van der Waals surface area contributed by atoms with Crippen molar-refractivity contribution >= 4 is 45.0 Å². The van der Waals surface area contributed by atoms with Crippen LogP contribution in [-0.2, 0) is 0 Å². The Morgan fingerprint density at radius 2 is 2.12 bits per heavy atom. The molecule has 1 amide bonds. The third kappa shape index (κ3) is 2.43. The van der Waals surface area contributed by atoms with Crippen LogP contribution in [0.15, 0.2) is 22.9 Å². The van der Waals surface area contributed by atoms with Crippen LogP contribution in [0.2, 0.25) is 10.0 Å². The van der Waals surface area contributed by atoms with E-state index in [1.165, 1.54) is 23.0 Å². The maximum atomic E-state index is 11.2. The zero-order valence-electron chi connectivity index (χ0n) is 8.19. The summed E-state index contributed by atoms with van der Waals surface area (Å²) in [5.41, 5.74) is 5.40. The summed E-state index contributed by atoms with van der Waals surface area (Å²) in [5, 5.41) is 4.70. The number of primary amides is 1. The summed E-state index contributed by atoms with van der Waals surface area (Å²) in [7, 11) is 0. The van der Waals surface area contributed by atoms with Crippen molar-refractivity contribution in [3.05, 3.63) is 38.7 Å². The van der Waals surface area contributed by atoms with E-state index in [-0.39, 0.29) is 16.5 Å². The van der Waals surface area contributed by atoms with Crippen LogP contribution in [0.1, 0.15) is 10.5 Å². The van der Waals surface area contributed by atoms with Crippen molar-refractivity contribution in [3.8, 4) is 5.82 Å². The predicted octanol–water partition coefficient (Wildman–Crippen LogP) is 2.44. The van der Waals surface area contributed by atoms with Crippen molar-refractivity contribution < 1.29 is 4.79 Å². The third-order valence-corrected chi connectivity index (χ3v) is 2.79. The molecule has 17 heavy (non-hydrogen) atoms. The first kappa shape index (κ1) is 12.3. The van der Waals surface area contributed by atoms with E-state index in [4.69, 9.17) is 28.9 Å². The summed E-state index contributed by atoms with van der Waals surface area (Å²) < 4.78 is 1.71. The number of halogens is 3. The fourth-order valence-electron chi connectivity index (χ4n) is 1.25. The van der Waals surface area contributed by atoms with Crippen LogP contribution in [0.5, 0.6) is 0 Å². The third-order valence-electron chi connectivity index (χ3n) is 1.92. The lowest BCUT2D eigenvalue weighted by Crippen LogP contribution is -2.17. The molecule has 0 aliphatic heterocycles. The van der Waals surface area contributed by atoms with Gasteiger partial charge in [0, 0.05) is 12.3 Å². The largest absolute Gasteiger partial charge is 0.364 e. The van der Waals surface area contributed by atoms with E-state index < -0.39 is 5.91 Å². The molecule has 0 aliphatic carbocycles. The van der Waals surface area contributed by atoms with E-state index >= 15 is 0 Å². The van der Waals surface area contributed by atoms with Gasteiger partial charge >= 0.3 is 0 Å². The van der Waals surface area contributed by atoms with Gasteiger partial charge in [-0.15, -0.1) is 0 Å². The molecule has 0 fully saturated rings. The number of nitrogens with zero attached hydrogens (tertiary/aromatic N) is 3. The molecule has 8 heteroatoms. The van der Waals surface area contributed by atoms with Gasteiger partial charge < -0.3 is 5.73 Å². The zero-order chi connectivity index (χ0) is 12.6. The average molecular weight is 336 g/mol. The maximum Gasteiger partial charge on any atom is 0.267 e. The first-order valence-corrected chi connectivity index (χ1v) is 5.90. The van der Waals surface area contributed by atoms with Crippen LogP contribution in [0.25, 0.3) is 5.82 Å². The first-order chi connectivity index (χ1) is 7.99. The van der Waals surface area contributed by atoms with E-state index in [9.17, 15) is 4.79 Å². The second-order valence-electron chi connectivity index (χ2n) is 3.09.